The number of ether oxygens (including phenoxy) is 1. The van der Waals surface area contributed by atoms with Gasteiger partial charge in [-0.3, -0.25) is 4.99 Å². The molecule has 0 atom stereocenters. The molecule has 2 fully saturated rings. The molecule has 1 aromatic rings. The molecule has 26 heavy (non-hydrogen) atoms. The molecular weight excluding hydrogens is 358 g/mol. The Labute approximate surface area is 154 Å². The van der Waals surface area contributed by atoms with Crippen molar-refractivity contribution >= 4 is 16.0 Å². The number of nitrogens with one attached hydrogen (secondary N) is 1. The Morgan fingerprint density at radius 2 is 2.04 bits per heavy atom. The standard InChI is InChI=1S/C16H27N5O4S/c1-17-16(18-12-14-2-9-24-10-3-14)20-5-7-21(8-6-20)26(22,23)13-15-4-11-25-19-15/h4,11,14H,2-3,5-10,12-13H2,1H3,(H,17,18). The number of hydrogen-bond donors (Lipinski definition) is 1. The van der Waals surface area contributed by atoms with E-state index in [0.29, 0.717) is 37.8 Å². The van der Waals surface area contributed by atoms with Crippen LogP contribution in [0.3, 0.4) is 0 Å². The third kappa shape index (κ3) is 4.95. The van der Waals surface area contributed by atoms with Gasteiger partial charge in [-0.25, -0.2) is 8.42 Å². The summed E-state index contributed by atoms with van der Waals surface area (Å²) in [6.45, 7) is 4.65. The molecule has 0 aromatic carbocycles. The molecule has 9 nitrogen and oxygen atoms in total. The summed E-state index contributed by atoms with van der Waals surface area (Å²) < 4.78 is 36.6. The van der Waals surface area contributed by atoms with Gasteiger partial charge in [0.15, 0.2) is 5.96 Å². The van der Waals surface area contributed by atoms with Gasteiger partial charge in [0, 0.05) is 59.1 Å². The Morgan fingerprint density at radius 1 is 1.31 bits per heavy atom. The molecule has 0 saturated carbocycles. The first-order chi connectivity index (χ1) is 12.6. The smallest absolute Gasteiger partial charge is 0.220 e. The lowest BCUT2D eigenvalue weighted by Crippen LogP contribution is -2.54. The zero-order chi connectivity index (χ0) is 18.4. The SMILES string of the molecule is CN=C(NCC1CCOCC1)N1CCN(S(=O)(=O)Cc2ccon2)CC1. The Balaban J connectivity index is 1.48. The summed E-state index contributed by atoms with van der Waals surface area (Å²) in [5.74, 6) is 1.31. The molecular formula is C16H27N5O4S. The number of aliphatic imine (C=N–C) groups is 1. The van der Waals surface area contributed by atoms with Crippen molar-refractivity contribution in [1.29, 1.82) is 0 Å². The van der Waals surface area contributed by atoms with Crippen molar-refractivity contribution in [2.24, 2.45) is 10.9 Å². The number of sulfonamides is 1. The van der Waals surface area contributed by atoms with Gasteiger partial charge in [-0.1, -0.05) is 5.16 Å². The Kier molecular flexibility index (Phi) is 6.49. The van der Waals surface area contributed by atoms with Crippen LogP contribution in [0.25, 0.3) is 0 Å². The lowest BCUT2D eigenvalue weighted by molar-refractivity contribution is 0.0673. The van der Waals surface area contributed by atoms with Crippen LogP contribution in [0.2, 0.25) is 0 Å². The highest BCUT2D eigenvalue weighted by molar-refractivity contribution is 7.88. The second-order valence-electron chi connectivity index (χ2n) is 6.62. The minimum Gasteiger partial charge on any atom is -0.381 e. The fraction of sp³-hybridized carbons (Fsp3) is 0.750. The summed E-state index contributed by atoms with van der Waals surface area (Å²) in [5, 5.41) is 7.12. The van der Waals surface area contributed by atoms with Crippen LogP contribution in [0.5, 0.6) is 0 Å². The van der Waals surface area contributed by atoms with E-state index in [1.54, 1.807) is 13.1 Å². The summed E-state index contributed by atoms with van der Waals surface area (Å²) in [5.41, 5.74) is 0.432. The van der Waals surface area contributed by atoms with Crippen LogP contribution in [0, 0.1) is 5.92 Å². The minimum atomic E-state index is -3.38. The highest BCUT2D eigenvalue weighted by Gasteiger charge is 2.29. The third-order valence-corrected chi connectivity index (χ3v) is 6.67. The van der Waals surface area contributed by atoms with Gasteiger partial charge in [0.05, 0.1) is 5.69 Å². The maximum Gasteiger partial charge on any atom is 0.220 e. The average molecular weight is 385 g/mol. The van der Waals surface area contributed by atoms with Crippen molar-refractivity contribution in [1.82, 2.24) is 19.7 Å². The Bertz CT molecular complexity index is 678. The van der Waals surface area contributed by atoms with Crippen LogP contribution < -0.4 is 5.32 Å². The van der Waals surface area contributed by atoms with E-state index in [4.69, 9.17) is 9.26 Å². The number of rotatable bonds is 5. The van der Waals surface area contributed by atoms with Gasteiger partial charge < -0.3 is 19.5 Å². The van der Waals surface area contributed by atoms with Gasteiger partial charge in [0.1, 0.15) is 12.0 Å². The van der Waals surface area contributed by atoms with Crippen molar-refractivity contribution in [3.8, 4) is 0 Å². The van der Waals surface area contributed by atoms with Crippen LogP contribution in [0.15, 0.2) is 21.8 Å². The van der Waals surface area contributed by atoms with E-state index >= 15 is 0 Å². The van der Waals surface area contributed by atoms with E-state index in [1.165, 1.54) is 10.6 Å². The van der Waals surface area contributed by atoms with Crippen molar-refractivity contribution < 1.29 is 17.7 Å². The number of nitrogens with zero attached hydrogens (tertiary/aromatic N) is 4. The first-order valence-electron chi connectivity index (χ1n) is 8.99. The lowest BCUT2D eigenvalue weighted by Gasteiger charge is -2.36. The van der Waals surface area contributed by atoms with Crippen molar-refractivity contribution in [2.45, 2.75) is 18.6 Å². The lowest BCUT2D eigenvalue weighted by atomic mass is 10.0. The molecule has 2 aliphatic rings. The van der Waals surface area contributed by atoms with Gasteiger partial charge in [-0.05, 0) is 18.8 Å². The maximum atomic E-state index is 12.5. The topological polar surface area (TPSA) is 100 Å². The predicted octanol–water partition coefficient (Wildman–Crippen LogP) is 0.124. The number of guanidine groups is 1. The number of hydrogen-bond acceptors (Lipinski definition) is 6. The third-order valence-electron chi connectivity index (χ3n) is 4.85. The van der Waals surface area contributed by atoms with Gasteiger partial charge >= 0.3 is 0 Å². The van der Waals surface area contributed by atoms with Crippen LogP contribution >= 0.6 is 0 Å². The fourth-order valence-electron chi connectivity index (χ4n) is 3.29. The molecule has 2 saturated heterocycles. The monoisotopic (exact) mass is 385 g/mol. The van der Waals surface area contributed by atoms with Crippen LogP contribution in [0.4, 0.5) is 0 Å². The molecule has 3 rings (SSSR count). The highest BCUT2D eigenvalue weighted by Crippen LogP contribution is 2.15. The number of piperazine rings is 1. The maximum absolute atomic E-state index is 12.5. The molecule has 0 spiro atoms. The summed E-state index contributed by atoms with van der Waals surface area (Å²) in [4.78, 5) is 6.47. The van der Waals surface area contributed by atoms with Gasteiger partial charge in [-0.2, -0.15) is 4.31 Å². The molecule has 0 radical (unpaired) electrons. The van der Waals surface area contributed by atoms with E-state index in [2.05, 4.69) is 20.4 Å². The second kappa shape index (κ2) is 8.83. The van der Waals surface area contributed by atoms with Gasteiger partial charge in [-0.15, -0.1) is 0 Å². The Morgan fingerprint density at radius 3 is 2.65 bits per heavy atom. The quantitative estimate of drug-likeness (QED) is 0.568. The van der Waals surface area contributed by atoms with Crippen LogP contribution in [-0.2, 0) is 20.5 Å². The summed E-state index contributed by atoms with van der Waals surface area (Å²) >= 11 is 0. The van der Waals surface area contributed by atoms with Gasteiger partial charge in [0.25, 0.3) is 0 Å². The first kappa shape index (κ1) is 19.1. The summed E-state index contributed by atoms with van der Waals surface area (Å²) in [6.07, 6.45) is 3.52. The molecule has 0 amide bonds. The first-order valence-corrected chi connectivity index (χ1v) is 10.6. The zero-order valence-electron chi connectivity index (χ0n) is 15.1. The molecule has 2 aliphatic heterocycles. The number of aromatic nitrogens is 1. The van der Waals surface area contributed by atoms with E-state index in [1.807, 2.05) is 0 Å². The summed E-state index contributed by atoms with van der Waals surface area (Å²) in [7, 11) is -1.62. The Hall–Kier alpha value is -1.65. The average Bonchev–Trinajstić information content (AvgIpc) is 3.16. The molecule has 10 heteroatoms. The molecule has 1 N–H and O–H groups in total. The van der Waals surface area contributed by atoms with Crippen LogP contribution in [0.1, 0.15) is 18.5 Å². The van der Waals surface area contributed by atoms with E-state index < -0.39 is 10.0 Å². The molecule has 1 aromatic heterocycles. The van der Waals surface area contributed by atoms with Crippen molar-refractivity contribution in [3.63, 3.8) is 0 Å². The molecule has 146 valence electrons. The normalized spacial score (nSPS) is 21.1. The van der Waals surface area contributed by atoms with E-state index in [0.717, 1.165) is 38.6 Å². The minimum absolute atomic E-state index is 0.125. The fourth-order valence-corrected chi connectivity index (χ4v) is 4.71. The molecule has 0 bridgehead atoms. The van der Waals surface area contributed by atoms with Crippen molar-refractivity contribution in [3.05, 3.63) is 18.0 Å². The van der Waals surface area contributed by atoms with Gasteiger partial charge in [0.2, 0.25) is 10.0 Å². The summed E-state index contributed by atoms with van der Waals surface area (Å²) in [6, 6.07) is 1.58. The predicted molar refractivity (Wildman–Crippen MR) is 97.2 cm³/mol. The van der Waals surface area contributed by atoms with Crippen LogP contribution in [-0.4, -0.2) is 81.7 Å². The molecule has 3 heterocycles. The second-order valence-corrected chi connectivity index (χ2v) is 8.59. The molecule has 0 unspecified atom stereocenters. The van der Waals surface area contributed by atoms with Crippen molar-refractivity contribution in [2.75, 3.05) is 53.0 Å². The molecule has 0 aliphatic carbocycles. The highest BCUT2D eigenvalue weighted by atomic mass is 32.2. The largest absolute Gasteiger partial charge is 0.381 e. The van der Waals surface area contributed by atoms with E-state index in [9.17, 15) is 8.42 Å². The van der Waals surface area contributed by atoms with E-state index in [-0.39, 0.29) is 5.75 Å². The zero-order valence-corrected chi connectivity index (χ0v) is 15.9.